The van der Waals surface area contributed by atoms with Gasteiger partial charge in [-0.15, -0.1) is 4.40 Å². The Labute approximate surface area is 168 Å². The molecule has 1 amide bonds. The molecule has 0 unspecified atom stereocenters. The SMILES string of the molecule is O=C(NN=C(c1ccccc1)c1ccccc1)C1=CN2CCS(=O)(=O)N=C2C=C1. The van der Waals surface area contributed by atoms with Gasteiger partial charge in [-0.25, -0.2) is 13.8 Å². The molecule has 0 fully saturated rings. The van der Waals surface area contributed by atoms with Crippen molar-refractivity contribution in [3.8, 4) is 0 Å². The van der Waals surface area contributed by atoms with E-state index in [-0.39, 0.29) is 12.3 Å². The lowest BCUT2D eigenvalue weighted by atomic mass is 10.0. The molecule has 2 aromatic carbocycles. The molecule has 0 spiro atoms. The Balaban J connectivity index is 1.58. The fourth-order valence-electron chi connectivity index (χ4n) is 2.99. The van der Waals surface area contributed by atoms with Gasteiger partial charge in [0, 0.05) is 23.9 Å². The van der Waals surface area contributed by atoms with E-state index in [2.05, 4.69) is 14.9 Å². The summed E-state index contributed by atoms with van der Waals surface area (Å²) in [6.45, 7) is 0.255. The van der Waals surface area contributed by atoms with Crippen molar-refractivity contribution in [3.63, 3.8) is 0 Å². The van der Waals surface area contributed by atoms with Crippen LogP contribution in [0, 0.1) is 0 Å². The minimum absolute atomic E-state index is 0.0833. The predicted octanol–water partition coefficient (Wildman–Crippen LogP) is 2.05. The Bertz CT molecular complexity index is 1110. The largest absolute Gasteiger partial charge is 0.330 e. The van der Waals surface area contributed by atoms with Gasteiger partial charge in [-0.2, -0.15) is 5.10 Å². The third-order valence-electron chi connectivity index (χ3n) is 4.45. The number of hydrogen-bond acceptors (Lipinski definition) is 5. The van der Waals surface area contributed by atoms with Crippen LogP contribution in [0.4, 0.5) is 0 Å². The first-order chi connectivity index (χ1) is 14.0. The van der Waals surface area contributed by atoms with E-state index in [0.29, 0.717) is 17.1 Å². The Morgan fingerprint density at radius 2 is 1.59 bits per heavy atom. The number of hydrogen-bond donors (Lipinski definition) is 1. The van der Waals surface area contributed by atoms with E-state index in [1.54, 1.807) is 11.1 Å². The Morgan fingerprint density at radius 1 is 0.966 bits per heavy atom. The van der Waals surface area contributed by atoms with Crippen molar-refractivity contribution in [2.45, 2.75) is 0 Å². The van der Waals surface area contributed by atoms with Crippen molar-refractivity contribution in [3.05, 3.63) is 95.7 Å². The first-order valence-electron chi connectivity index (χ1n) is 9.00. The lowest BCUT2D eigenvalue weighted by Crippen LogP contribution is -2.37. The quantitative estimate of drug-likeness (QED) is 0.621. The topological polar surface area (TPSA) is 91.2 Å². The molecular weight excluding hydrogens is 388 g/mol. The van der Waals surface area contributed by atoms with Crippen molar-refractivity contribution in [2.75, 3.05) is 12.3 Å². The van der Waals surface area contributed by atoms with E-state index in [1.165, 1.54) is 12.2 Å². The van der Waals surface area contributed by atoms with Gasteiger partial charge >= 0.3 is 0 Å². The van der Waals surface area contributed by atoms with Crippen LogP contribution in [0.1, 0.15) is 11.1 Å². The highest BCUT2D eigenvalue weighted by Gasteiger charge is 2.25. The van der Waals surface area contributed by atoms with E-state index in [0.717, 1.165) is 11.1 Å². The molecule has 146 valence electrons. The highest BCUT2D eigenvalue weighted by Crippen LogP contribution is 2.16. The van der Waals surface area contributed by atoms with Crippen LogP contribution in [-0.4, -0.2) is 43.1 Å². The molecule has 2 aliphatic rings. The maximum absolute atomic E-state index is 12.6. The first kappa shape index (κ1) is 18.8. The second-order valence-corrected chi connectivity index (χ2v) is 8.23. The Morgan fingerprint density at radius 3 is 2.21 bits per heavy atom. The minimum Gasteiger partial charge on any atom is -0.330 e. The van der Waals surface area contributed by atoms with Crippen LogP contribution >= 0.6 is 0 Å². The molecule has 8 heteroatoms. The molecule has 1 N–H and O–H groups in total. The van der Waals surface area contributed by atoms with Crippen LogP contribution < -0.4 is 5.43 Å². The van der Waals surface area contributed by atoms with Crippen LogP contribution in [0.5, 0.6) is 0 Å². The van der Waals surface area contributed by atoms with Gasteiger partial charge in [0.1, 0.15) is 5.84 Å². The summed E-state index contributed by atoms with van der Waals surface area (Å²) in [6.07, 6.45) is 4.64. The fourth-order valence-corrected chi connectivity index (χ4v) is 3.96. The zero-order valence-corrected chi connectivity index (χ0v) is 16.2. The lowest BCUT2D eigenvalue weighted by molar-refractivity contribution is -0.117. The van der Waals surface area contributed by atoms with Crippen molar-refractivity contribution < 1.29 is 13.2 Å². The summed E-state index contributed by atoms with van der Waals surface area (Å²) in [4.78, 5) is 14.3. The number of carbonyl (C=O) groups is 1. The molecule has 7 nitrogen and oxygen atoms in total. The van der Waals surface area contributed by atoms with Crippen LogP contribution in [0.15, 0.2) is 94.1 Å². The Kier molecular flexibility index (Phi) is 5.09. The molecule has 4 rings (SSSR count). The average Bonchev–Trinajstić information content (AvgIpc) is 2.74. The second kappa shape index (κ2) is 7.84. The van der Waals surface area contributed by atoms with E-state index in [4.69, 9.17) is 0 Å². The summed E-state index contributed by atoms with van der Waals surface area (Å²) in [7, 11) is -3.43. The summed E-state index contributed by atoms with van der Waals surface area (Å²) in [5.74, 6) is -0.163. The number of sulfonamides is 1. The van der Waals surface area contributed by atoms with Crippen LogP contribution in [0.25, 0.3) is 0 Å². The van der Waals surface area contributed by atoms with E-state index in [9.17, 15) is 13.2 Å². The number of amides is 1. The summed E-state index contributed by atoms with van der Waals surface area (Å²) in [5.41, 5.74) is 5.37. The third kappa shape index (κ3) is 4.33. The van der Waals surface area contributed by atoms with E-state index in [1.807, 2.05) is 60.7 Å². The third-order valence-corrected chi connectivity index (χ3v) is 5.61. The van der Waals surface area contributed by atoms with Crippen molar-refractivity contribution in [2.24, 2.45) is 9.50 Å². The standard InChI is InChI=1S/C21H18N4O3S/c26-21(18-11-12-19-24-29(27,28)14-13-25(19)15-18)23-22-20(16-7-3-1-4-8-16)17-9-5-2-6-10-17/h1-12,15H,13-14H2,(H,23,26). The summed E-state index contributed by atoms with van der Waals surface area (Å²) >= 11 is 0. The minimum atomic E-state index is -3.43. The molecule has 0 saturated carbocycles. The maximum Gasteiger partial charge on any atom is 0.272 e. The highest BCUT2D eigenvalue weighted by atomic mass is 32.2. The number of hydrazone groups is 1. The van der Waals surface area contributed by atoms with E-state index < -0.39 is 15.9 Å². The molecule has 2 aliphatic heterocycles. The molecule has 0 atom stereocenters. The zero-order chi connectivity index (χ0) is 20.3. The maximum atomic E-state index is 12.6. The number of carbonyl (C=O) groups excluding carboxylic acids is 1. The van der Waals surface area contributed by atoms with Gasteiger partial charge in [0.05, 0.1) is 17.0 Å². The monoisotopic (exact) mass is 406 g/mol. The fraction of sp³-hybridized carbons (Fsp3) is 0.0952. The highest BCUT2D eigenvalue weighted by molar-refractivity contribution is 7.90. The number of amidine groups is 1. The van der Waals surface area contributed by atoms with Gasteiger partial charge in [-0.3, -0.25) is 4.79 Å². The summed E-state index contributed by atoms with van der Waals surface area (Å²) in [6, 6.07) is 19.2. The molecule has 0 bridgehead atoms. The van der Waals surface area contributed by atoms with E-state index >= 15 is 0 Å². The smallest absolute Gasteiger partial charge is 0.272 e. The number of rotatable bonds is 4. The van der Waals surface area contributed by atoms with Crippen molar-refractivity contribution in [1.82, 2.24) is 10.3 Å². The summed E-state index contributed by atoms with van der Waals surface area (Å²) < 4.78 is 26.9. The first-order valence-corrected chi connectivity index (χ1v) is 10.6. The molecular formula is C21H18N4O3S. The average molecular weight is 406 g/mol. The zero-order valence-electron chi connectivity index (χ0n) is 15.4. The van der Waals surface area contributed by atoms with Crippen LogP contribution in [-0.2, 0) is 14.8 Å². The van der Waals surface area contributed by atoms with Gasteiger partial charge < -0.3 is 4.90 Å². The van der Waals surface area contributed by atoms with Gasteiger partial charge in [0.25, 0.3) is 15.9 Å². The summed E-state index contributed by atoms with van der Waals surface area (Å²) in [5, 5.41) is 4.36. The molecule has 29 heavy (non-hydrogen) atoms. The van der Waals surface area contributed by atoms with Gasteiger partial charge in [0.15, 0.2) is 0 Å². The number of nitrogens with one attached hydrogen (secondary N) is 1. The number of benzene rings is 2. The van der Waals surface area contributed by atoms with Gasteiger partial charge in [0.2, 0.25) is 0 Å². The molecule has 2 heterocycles. The lowest BCUT2D eigenvalue weighted by Gasteiger charge is -2.26. The van der Waals surface area contributed by atoms with Gasteiger partial charge in [-0.1, -0.05) is 60.7 Å². The van der Waals surface area contributed by atoms with Crippen molar-refractivity contribution >= 4 is 27.5 Å². The predicted molar refractivity (Wildman–Crippen MR) is 112 cm³/mol. The molecule has 0 saturated heterocycles. The van der Waals surface area contributed by atoms with Crippen LogP contribution in [0.2, 0.25) is 0 Å². The Hall–Kier alpha value is -3.52. The second-order valence-electron chi connectivity index (χ2n) is 6.48. The van der Waals surface area contributed by atoms with Crippen LogP contribution in [0.3, 0.4) is 0 Å². The normalized spacial score (nSPS) is 16.9. The number of fused-ring (bicyclic) bond motifs is 1. The number of nitrogens with zero attached hydrogens (tertiary/aromatic N) is 3. The molecule has 0 radical (unpaired) electrons. The molecule has 0 aliphatic carbocycles. The molecule has 2 aromatic rings. The molecule has 0 aromatic heterocycles. The van der Waals surface area contributed by atoms with Gasteiger partial charge in [-0.05, 0) is 12.2 Å². The van der Waals surface area contributed by atoms with Crippen molar-refractivity contribution in [1.29, 1.82) is 0 Å².